The molecule has 1 aromatic carbocycles. The molecule has 170 valence electrons. The number of benzene rings is 1. The van der Waals surface area contributed by atoms with E-state index in [1.54, 1.807) is 13.8 Å². The number of methoxy groups -OCH3 is 1. The number of rotatable bonds is 7. The van der Waals surface area contributed by atoms with Crippen molar-refractivity contribution >= 4 is 23.9 Å². The molecule has 5 atom stereocenters. The van der Waals surface area contributed by atoms with Crippen molar-refractivity contribution in [3.63, 3.8) is 0 Å². The summed E-state index contributed by atoms with van der Waals surface area (Å²) in [4.78, 5) is 46.5. The summed E-state index contributed by atoms with van der Waals surface area (Å²) in [5.74, 6) is -3.77. The SMILES string of the molecule is COC(=O)[C@H]1O[C@@H](Oc2ccc(COC(C)=O)cc2C(=O)O)[C@H](OC(C)=O)[C@@H](C)[C@@H]1C. The van der Waals surface area contributed by atoms with Crippen LogP contribution in [0.5, 0.6) is 5.75 Å². The zero-order chi connectivity index (χ0) is 23.3. The summed E-state index contributed by atoms with van der Waals surface area (Å²) in [5, 5.41) is 9.59. The van der Waals surface area contributed by atoms with E-state index in [9.17, 15) is 24.3 Å². The van der Waals surface area contributed by atoms with Crippen LogP contribution in [-0.4, -0.2) is 54.6 Å². The van der Waals surface area contributed by atoms with E-state index >= 15 is 0 Å². The Morgan fingerprint density at radius 1 is 1.06 bits per heavy atom. The highest BCUT2D eigenvalue weighted by Crippen LogP contribution is 2.35. The van der Waals surface area contributed by atoms with E-state index in [2.05, 4.69) is 0 Å². The quantitative estimate of drug-likeness (QED) is 0.497. The predicted octanol–water partition coefficient (Wildman–Crippen LogP) is 1.93. The van der Waals surface area contributed by atoms with Gasteiger partial charge in [-0.3, -0.25) is 9.59 Å². The lowest BCUT2D eigenvalue weighted by Gasteiger charge is -2.42. The minimum atomic E-state index is -1.29. The zero-order valence-electron chi connectivity index (χ0n) is 17.9. The van der Waals surface area contributed by atoms with Gasteiger partial charge in [-0.2, -0.15) is 0 Å². The molecule has 10 nitrogen and oxygen atoms in total. The van der Waals surface area contributed by atoms with Crippen molar-refractivity contribution < 1.29 is 48.0 Å². The molecule has 31 heavy (non-hydrogen) atoms. The maximum absolute atomic E-state index is 12.2. The highest BCUT2D eigenvalue weighted by Gasteiger charge is 2.48. The third-order valence-electron chi connectivity index (χ3n) is 5.07. The molecular weight excluding hydrogens is 412 g/mol. The van der Waals surface area contributed by atoms with E-state index in [-0.39, 0.29) is 29.8 Å². The molecular formula is C21H26O10. The van der Waals surface area contributed by atoms with Gasteiger partial charge in [0.2, 0.25) is 6.29 Å². The van der Waals surface area contributed by atoms with Crippen molar-refractivity contribution in [2.45, 2.75) is 52.8 Å². The van der Waals surface area contributed by atoms with Crippen molar-refractivity contribution in [2.75, 3.05) is 7.11 Å². The maximum Gasteiger partial charge on any atom is 0.339 e. The van der Waals surface area contributed by atoms with Crippen LogP contribution in [0.25, 0.3) is 0 Å². The highest BCUT2D eigenvalue weighted by molar-refractivity contribution is 5.91. The Bertz CT molecular complexity index is 849. The molecule has 1 N–H and O–H groups in total. The molecule has 2 rings (SSSR count). The van der Waals surface area contributed by atoms with Crippen LogP contribution in [0, 0.1) is 11.8 Å². The van der Waals surface area contributed by atoms with E-state index < -0.39 is 42.4 Å². The first-order valence-corrected chi connectivity index (χ1v) is 9.61. The minimum Gasteiger partial charge on any atom is -0.478 e. The largest absolute Gasteiger partial charge is 0.478 e. The Balaban J connectivity index is 2.36. The topological polar surface area (TPSA) is 135 Å². The predicted molar refractivity (Wildman–Crippen MR) is 104 cm³/mol. The van der Waals surface area contributed by atoms with Crippen molar-refractivity contribution in [2.24, 2.45) is 11.8 Å². The molecule has 0 spiro atoms. The summed E-state index contributed by atoms with van der Waals surface area (Å²) in [6, 6.07) is 4.21. The van der Waals surface area contributed by atoms with E-state index in [1.165, 1.54) is 39.2 Å². The Hall–Kier alpha value is -3.14. The standard InChI is InChI=1S/C21H26O10/c1-10-11(2)18(29-13(4)23)21(31-17(10)20(26)27-5)30-16-7-6-14(9-28-12(3)22)8-15(16)19(24)25/h6-8,10-11,17-18,21H,9H2,1-5H3,(H,24,25)/t10-,11-,17-,18+,21+/m0/s1. The van der Waals surface area contributed by atoms with Gasteiger partial charge in [-0.15, -0.1) is 0 Å². The summed E-state index contributed by atoms with van der Waals surface area (Å²) in [7, 11) is 1.22. The van der Waals surface area contributed by atoms with Crippen LogP contribution in [0.15, 0.2) is 18.2 Å². The average molecular weight is 438 g/mol. The number of carbonyl (C=O) groups is 4. The van der Waals surface area contributed by atoms with Crippen LogP contribution in [0.2, 0.25) is 0 Å². The second kappa shape index (κ2) is 10.3. The molecule has 10 heteroatoms. The number of hydrogen-bond donors (Lipinski definition) is 1. The molecule has 0 radical (unpaired) electrons. The Morgan fingerprint density at radius 2 is 1.74 bits per heavy atom. The van der Waals surface area contributed by atoms with Gasteiger partial charge in [-0.05, 0) is 23.6 Å². The van der Waals surface area contributed by atoms with Crippen LogP contribution in [-0.2, 0) is 39.9 Å². The number of hydrogen-bond acceptors (Lipinski definition) is 9. The lowest BCUT2D eigenvalue weighted by Crippen LogP contribution is -2.55. The molecule has 0 unspecified atom stereocenters. The highest BCUT2D eigenvalue weighted by atomic mass is 16.7. The van der Waals surface area contributed by atoms with Gasteiger partial charge in [0, 0.05) is 19.8 Å². The Kier molecular flexibility index (Phi) is 7.98. The number of ether oxygens (including phenoxy) is 5. The fraction of sp³-hybridized carbons (Fsp3) is 0.524. The third kappa shape index (κ3) is 5.94. The molecule has 1 aromatic rings. The van der Waals surface area contributed by atoms with Gasteiger partial charge in [-0.25, -0.2) is 9.59 Å². The van der Waals surface area contributed by atoms with Gasteiger partial charge >= 0.3 is 23.9 Å². The Labute approximate surface area is 179 Å². The monoisotopic (exact) mass is 438 g/mol. The number of carboxylic acids is 1. The smallest absolute Gasteiger partial charge is 0.339 e. The second-order valence-electron chi connectivity index (χ2n) is 7.27. The van der Waals surface area contributed by atoms with Gasteiger partial charge in [0.15, 0.2) is 12.2 Å². The molecule has 0 bridgehead atoms. The van der Waals surface area contributed by atoms with Crippen LogP contribution in [0.4, 0.5) is 0 Å². The first-order chi connectivity index (χ1) is 14.5. The molecule has 1 saturated heterocycles. The second-order valence-corrected chi connectivity index (χ2v) is 7.27. The van der Waals surface area contributed by atoms with Gasteiger partial charge in [0.1, 0.15) is 17.9 Å². The number of carboxylic acid groups (broad SMARTS) is 1. The molecule has 0 saturated carbocycles. The van der Waals surface area contributed by atoms with Crippen molar-refractivity contribution in [1.29, 1.82) is 0 Å². The zero-order valence-corrected chi connectivity index (χ0v) is 17.9. The normalized spacial score (nSPS) is 25.3. The van der Waals surface area contributed by atoms with E-state index in [0.29, 0.717) is 5.56 Å². The molecule has 0 aliphatic carbocycles. The molecule has 1 heterocycles. The molecule has 0 amide bonds. The van der Waals surface area contributed by atoms with Crippen LogP contribution >= 0.6 is 0 Å². The first-order valence-electron chi connectivity index (χ1n) is 9.61. The first kappa shape index (κ1) is 24.1. The lowest BCUT2D eigenvalue weighted by molar-refractivity contribution is -0.248. The molecule has 1 aliphatic rings. The summed E-state index contributed by atoms with van der Waals surface area (Å²) >= 11 is 0. The van der Waals surface area contributed by atoms with E-state index in [0.717, 1.165) is 0 Å². The van der Waals surface area contributed by atoms with E-state index in [1.807, 2.05) is 0 Å². The summed E-state index contributed by atoms with van der Waals surface area (Å²) < 4.78 is 26.6. The van der Waals surface area contributed by atoms with Crippen molar-refractivity contribution in [3.05, 3.63) is 29.3 Å². The average Bonchev–Trinajstić information content (AvgIpc) is 2.71. The van der Waals surface area contributed by atoms with Crippen molar-refractivity contribution in [1.82, 2.24) is 0 Å². The van der Waals surface area contributed by atoms with Crippen LogP contribution < -0.4 is 4.74 Å². The maximum atomic E-state index is 12.2. The molecule has 1 fully saturated rings. The Morgan fingerprint density at radius 3 is 2.29 bits per heavy atom. The third-order valence-corrected chi connectivity index (χ3v) is 5.07. The van der Waals surface area contributed by atoms with Gasteiger partial charge < -0.3 is 28.8 Å². The van der Waals surface area contributed by atoms with Gasteiger partial charge in [-0.1, -0.05) is 19.9 Å². The summed E-state index contributed by atoms with van der Waals surface area (Å²) in [6.07, 6.45) is -3.14. The van der Waals surface area contributed by atoms with Crippen molar-refractivity contribution in [3.8, 4) is 5.75 Å². The molecule has 0 aromatic heterocycles. The summed E-state index contributed by atoms with van der Waals surface area (Å²) in [6.45, 7) is 5.89. The fourth-order valence-corrected chi connectivity index (χ4v) is 3.25. The van der Waals surface area contributed by atoms with Gasteiger partial charge in [0.25, 0.3) is 0 Å². The number of carbonyl (C=O) groups excluding carboxylic acids is 3. The molecule has 1 aliphatic heterocycles. The van der Waals surface area contributed by atoms with E-state index in [4.69, 9.17) is 23.7 Å². The summed E-state index contributed by atoms with van der Waals surface area (Å²) in [5.41, 5.74) is 0.228. The number of esters is 3. The minimum absolute atomic E-state index is 0.0633. The lowest BCUT2D eigenvalue weighted by atomic mass is 9.83. The fourth-order valence-electron chi connectivity index (χ4n) is 3.25. The van der Waals surface area contributed by atoms with Gasteiger partial charge in [0.05, 0.1) is 7.11 Å². The number of aromatic carboxylic acids is 1. The van der Waals surface area contributed by atoms with Crippen LogP contribution in [0.3, 0.4) is 0 Å². The van der Waals surface area contributed by atoms with Crippen LogP contribution in [0.1, 0.15) is 43.6 Å².